The van der Waals surface area contributed by atoms with Crippen LogP contribution in [0.5, 0.6) is 11.5 Å². The zero-order valence-electron chi connectivity index (χ0n) is 20.7. The average Bonchev–Trinajstić information content (AvgIpc) is 2.89. The number of carbonyl (C=O) groups excluding carboxylic acids is 1. The van der Waals surface area contributed by atoms with Crippen LogP contribution in [-0.4, -0.2) is 59.1 Å². The van der Waals surface area contributed by atoms with Crippen LogP contribution in [0.4, 0.5) is 11.4 Å². The van der Waals surface area contributed by atoms with E-state index in [-0.39, 0.29) is 17.4 Å². The zero-order chi connectivity index (χ0) is 25.7. The molecule has 1 fully saturated rings. The lowest BCUT2D eigenvalue weighted by atomic mass is 10.1. The molecule has 0 spiro atoms. The number of anilines is 2. The molecule has 1 aliphatic rings. The third-order valence-corrected chi connectivity index (χ3v) is 7.76. The molecule has 0 unspecified atom stereocenters. The molecule has 3 aromatic rings. The summed E-state index contributed by atoms with van der Waals surface area (Å²) < 4.78 is 38.7. The Morgan fingerprint density at radius 1 is 0.917 bits per heavy atom. The first-order valence-electron chi connectivity index (χ1n) is 11.8. The molecule has 0 bridgehead atoms. The highest BCUT2D eigenvalue weighted by atomic mass is 32.2. The number of nitrogens with zero attached hydrogens (tertiary/aromatic N) is 2. The van der Waals surface area contributed by atoms with E-state index in [4.69, 9.17) is 9.47 Å². The van der Waals surface area contributed by atoms with Gasteiger partial charge < -0.3 is 19.3 Å². The Hall–Kier alpha value is -3.72. The van der Waals surface area contributed by atoms with Crippen molar-refractivity contribution >= 4 is 27.3 Å². The number of hydrogen-bond donors (Lipinski definition) is 1. The van der Waals surface area contributed by atoms with Gasteiger partial charge in [-0.1, -0.05) is 18.2 Å². The summed E-state index contributed by atoms with van der Waals surface area (Å²) in [7, 11) is -2.26. The van der Waals surface area contributed by atoms with Gasteiger partial charge in [-0.2, -0.15) is 0 Å². The third-order valence-electron chi connectivity index (χ3n) is 6.37. The van der Waals surface area contributed by atoms with E-state index >= 15 is 0 Å². The van der Waals surface area contributed by atoms with Crippen LogP contribution in [0.1, 0.15) is 11.1 Å². The SMILES string of the molecule is COc1cccc(NS(=O)(=O)c2ccc(OCC(=O)N3CCN(c4cccc(C)c4C)CC3)cc2)c1. The number of amides is 1. The van der Waals surface area contributed by atoms with Crippen LogP contribution < -0.4 is 19.1 Å². The van der Waals surface area contributed by atoms with Crippen molar-refractivity contribution in [1.29, 1.82) is 0 Å². The van der Waals surface area contributed by atoms with Gasteiger partial charge in [-0.15, -0.1) is 0 Å². The summed E-state index contributed by atoms with van der Waals surface area (Å²) >= 11 is 0. The lowest BCUT2D eigenvalue weighted by molar-refractivity contribution is -0.133. The summed E-state index contributed by atoms with van der Waals surface area (Å²) in [6.07, 6.45) is 0. The van der Waals surface area contributed by atoms with Crippen molar-refractivity contribution in [2.24, 2.45) is 0 Å². The zero-order valence-corrected chi connectivity index (χ0v) is 21.5. The van der Waals surface area contributed by atoms with Crippen molar-refractivity contribution in [2.45, 2.75) is 18.7 Å². The normalized spacial score (nSPS) is 13.9. The highest BCUT2D eigenvalue weighted by Gasteiger charge is 2.23. The molecule has 1 saturated heterocycles. The number of sulfonamides is 1. The summed E-state index contributed by atoms with van der Waals surface area (Å²) in [4.78, 5) is 16.9. The van der Waals surface area contributed by atoms with E-state index in [2.05, 4.69) is 41.7 Å². The summed E-state index contributed by atoms with van der Waals surface area (Å²) in [5, 5.41) is 0. The van der Waals surface area contributed by atoms with Crippen LogP contribution in [0.25, 0.3) is 0 Å². The fourth-order valence-electron chi connectivity index (χ4n) is 4.13. The molecule has 0 aliphatic carbocycles. The maximum absolute atomic E-state index is 12.7. The van der Waals surface area contributed by atoms with Gasteiger partial charge in [0.05, 0.1) is 17.7 Å². The quantitative estimate of drug-likeness (QED) is 0.497. The van der Waals surface area contributed by atoms with E-state index < -0.39 is 10.0 Å². The molecule has 8 nitrogen and oxygen atoms in total. The van der Waals surface area contributed by atoms with Gasteiger partial charge >= 0.3 is 0 Å². The van der Waals surface area contributed by atoms with Gasteiger partial charge in [0, 0.05) is 37.9 Å². The van der Waals surface area contributed by atoms with Crippen molar-refractivity contribution in [2.75, 3.05) is 49.5 Å². The van der Waals surface area contributed by atoms with E-state index in [0.717, 1.165) is 13.1 Å². The molecule has 1 N–H and O–H groups in total. The van der Waals surface area contributed by atoms with Gasteiger partial charge in [-0.25, -0.2) is 8.42 Å². The van der Waals surface area contributed by atoms with Crippen LogP contribution >= 0.6 is 0 Å². The molecule has 0 atom stereocenters. The van der Waals surface area contributed by atoms with Crippen LogP contribution in [0.15, 0.2) is 71.6 Å². The number of rotatable bonds is 8. The molecule has 190 valence electrons. The molecular formula is C27H31N3O5S. The van der Waals surface area contributed by atoms with Crippen LogP contribution in [0.2, 0.25) is 0 Å². The maximum Gasteiger partial charge on any atom is 0.261 e. The monoisotopic (exact) mass is 509 g/mol. The summed E-state index contributed by atoms with van der Waals surface area (Å²) in [5.41, 5.74) is 4.14. The lowest BCUT2D eigenvalue weighted by Crippen LogP contribution is -2.50. The summed E-state index contributed by atoms with van der Waals surface area (Å²) in [6, 6.07) is 19.0. The third kappa shape index (κ3) is 5.91. The van der Waals surface area contributed by atoms with Crippen LogP contribution in [-0.2, 0) is 14.8 Å². The van der Waals surface area contributed by atoms with E-state index in [1.165, 1.54) is 36.1 Å². The number of hydrogen-bond acceptors (Lipinski definition) is 6. The largest absolute Gasteiger partial charge is 0.497 e. The number of carbonyl (C=O) groups is 1. The number of piperazine rings is 1. The molecule has 0 aromatic heterocycles. The predicted molar refractivity (Wildman–Crippen MR) is 140 cm³/mol. The minimum absolute atomic E-state index is 0.0894. The Morgan fingerprint density at radius 3 is 2.31 bits per heavy atom. The first-order valence-corrected chi connectivity index (χ1v) is 13.2. The molecule has 1 amide bonds. The molecule has 1 aliphatic heterocycles. The maximum atomic E-state index is 12.7. The average molecular weight is 510 g/mol. The Balaban J connectivity index is 1.29. The number of methoxy groups -OCH3 is 1. The minimum Gasteiger partial charge on any atom is -0.497 e. The number of nitrogens with one attached hydrogen (secondary N) is 1. The Morgan fingerprint density at radius 2 is 1.61 bits per heavy atom. The first-order chi connectivity index (χ1) is 17.3. The number of benzene rings is 3. The number of ether oxygens (including phenoxy) is 2. The smallest absolute Gasteiger partial charge is 0.261 e. The minimum atomic E-state index is -3.78. The second kappa shape index (κ2) is 10.9. The molecular weight excluding hydrogens is 478 g/mol. The Labute approximate surface area is 212 Å². The molecule has 0 radical (unpaired) electrons. The Kier molecular flexibility index (Phi) is 7.69. The van der Waals surface area contributed by atoms with Gasteiger partial charge in [0.15, 0.2) is 6.61 Å². The molecule has 0 saturated carbocycles. The van der Waals surface area contributed by atoms with Gasteiger partial charge in [-0.3, -0.25) is 9.52 Å². The fourth-order valence-corrected chi connectivity index (χ4v) is 5.18. The Bertz CT molecular complexity index is 1320. The highest BCUT2D eigenvalue weighted by Crippen LogP contribution is 2.25. The second-order valence-electron chi connectivity index (χ2n) is 8.68. The summed E-state index contributed by atoms with van der Waals surface area (Å²) in [5.74, 6) is 0.889. The van der Waals surface area contributed by atoms with E-state index in [1.807, 2.05) is 0 Å². The highest BCUT2D eigenvalue weighted by molar-refractivity contribution is 7.92. The van der Waals surface area contributed by atoms with Crippen LogP contribution in [0.3, 0.4) is 0 Å². The topological polar surface area (TPSA) is 88.2 Å². The van der Waals surface area contributed by atoms with Crippen molar-refractivity contribution in [3.05, 3.63) is 77.9 Å². The molecule has 1 heterocycles. The molecule has 4 rings (SSSR count). The second-order valence-corrected chi connectivity index (χ2v) is 10.4. The van der Waals surface area contributed by atoms with E-state index in [9.17, 15) is 13.2 Å². The molecule has 9 heteroatoms. The first kappa shape index (κ1) is 25.4. The van der Waals surface area contributed by atoms with Gasteiger partial charge in [0.2, 0.25) is 0 Å². The van der Waals surface area contributed by atoms with Crippen molar-refractivity contribution in [3.8, 4) is 11.5 Å². The van der Waals surface area contributed by atoms with Gasteiger partial charge in [0.1, 0.15) is 11.5 Å². The van der Waals surface area contributed by atoms with Crippen molar-refractivity contribution < 1.29 is 22.7 Å². The fraction of sp³-hybridized carbons (Fsp3) is 0.296. The van der Waals surface area contributed by atoms with Gasteiger partial charge in [0.25, 0.3) is 15.9 Å². The lowest BCUT2D eigenvalue weighted by Gasteiger charge is -2.37. The van der Waals surface area contributed by atoms with Crippen molar-refractivity contribution in [3.63, 3.8) is 0 Å². The van der Waals surface area contributed by atoms with Crippen LogP contribution in [0, 0.1) is 13.8 Å². The summed E-state index contributed by atoms with van der Waals surface area (Å²) in [6.45, 7) is 6.92. The number of aryl methyl sites for hydroxylation is 1. The molecule has 3 aromatic carbocycles. The molecule has 36 heavy (non-hydrogen) atoms. The predicted octanol–water partition coefficient (Wildman–Crippen LogP) is 3.84. The van der Waals surface area contributed by atoms with Gasteiger partial charge in [-0.05, 0) is 67.4 Å². The van der Waals surface area contributed by atoms with Crippen molar-refractivity contribution in [1.82, 2.24) is 4.90 Å². The standard InChI is InChI=1S/C27H31N3O5S/c1-20-6-4-9-26(21(20)2)29-14-16-30(17-15-29)27(31)19-35-23-10-12-25(13-11-23)36(32,33)28-22-7-5-8-24(18-22)34-3/h4-13,18,28H,14-17,19H2,1-3H3. The van der Waals surface area contributed by atoms with E-state index in [1.54, 1.807) is 41.3 Å². The van der Waals surface area contributed by atoms with E-state index in [0.29, 0.717) is 30.3 Å².